The summed E-state index contributed by atoms with van der Waals surface area (Å²) in [6.45, 7) is 0. The summed E-state index contributed by atoms with van der Waals surface area (Å²) in [7, 11) is 0. The number of hydrogen-bond acceptors (Lipinski definition) is 0. The zero-order valence-corrected chi connectivity index (χ0v) is 6.20. The van der Waals surface area contributed by atoms with E-state index in [-0.39, 0.29) is 0 Å². The summed E-state index contributed by atoms with van der Waals surface area (Å²) in [6, 6.07) is 0. The van der Waals surface area contributed by atoms with Crippen molar-refractivity contribution in [1.29, 1.82) is 0 Å². The molecule has 0 aromatic rings. The van der Waals surface area contributed by atoms with E-state index in [1.165, 1.54) is 0 Å². The van der Waals surface area contributed by atoms with Crippen molar-refractivity contribution in [2.24, 2.45) is 0 Å². The Balaban J connectivity index is 2.32. The Morgan fingerprint density at radius 2 is 1.00 bits per heavy atom. The molecule has 0 saturated heterocycles. The Kier molecular flexibility index (Phi) is 2.33. The van der Waals surface area contributed by atoms with E-state index in [9.17, 15) is 7.53 Å². The minimum absolute atomic E-state index is 5.22. The molecule has 0 aliphatic carbocycles. The van der Waals surface area contributed by atoms with Gasteiger partial charge >= 0.3 is 32.1 Å². The second kappa shape index (κ2) is 1.98. The van der Waals surface area contributed by atoms with Gasteiger partial charge in [0.1, 0.15) is 0 Å². The number of halogens is 3. The van der Waals surface area contributed by atoms with Crippen LogP contribution in [0.5, 0.6) is 0 Å². The first-order valence-electron chi connectivity index (χ1n) is 0.655. The zero-order chi connectivity index (χ0) is 3.58. The maximum atomic E-state index is 9.89. The molecule has 0 rings (SSSR count). The molecule has 0 aromatic heterocycles. The third kappa shape index (κ3) is 15.7. The van der Waals surface area contributed by atoms with E-state index in [0.717, 1.165) is 0 Å². The van der Waals surface area contributed by atoms with Crippen molar-refractivity contribution in [2.45, 2.75) is 0 Å². The zero-order valence-electron chi connectivity index (χ0n) is 1.71. The molecule has 0 radical (unpaired) electrons. The topological polar surface area (TPSA) is 0 Å². The quantitative estimate of drug-likeness (QED) is 0.563. The summed E-state index contributed by atoms with van der Waals surface area (Å²) >= 11 is -5.22. The van der Waals surface area contributed by atoms with Crippen LogP contribution in [0.25, 0.3) is 0 Å². The molecule has 0 amide bonds. The van der Waals surface area contributed by atoms with Gasteiger partial charge in [-0.25, -0.2) is 0 Å². The molecule has 4 heavy (non-hydrogen) atoms. The first-order valence-corrected chi connectivity index (χ1v) is 5.74. The molecule has 0 aromatic carbocycles. The van der Waals surface area contributed by atoms with Gasteiger partial charge in [0, 0.05) is 0 Å². The van der Waals surface area contributed by atoms with Crippen molar-refractivity contribution < 1.29 is 7.53 Å². The van der Waals surface area contributed by atoms with Gasteiger partial charge in [-0.3, -0.25) is 0 Å². The number of hydrogen-bond donors (Lipinski definition) is 0. The predicted octanol–water partition coefficient (Wildman–Crippen LogP) is 0.612. The fourth-order valence-electron chi connectivity index (χ4n) is 0. The van der Waals surface area contributed by atoms with Crippen LogP contribution in [0.2, 0.25) is 0 Å². The van der Waals surface area contributed by atoms with E-state index >= 15 is 0 Å². The fraction of sp³-hybridized carbons (Fsp3) is 0. The van der Waals surface area contributed by atoms with Gasteiger partial charge in [0.25, 0.3) is 0 Å². The molecule has 0 aliphatic heterocycles. The average molecular weight is 265 g/mol. The van der Waals surface area contributed by atoms with Gasteiger partial charge in [-0.15, -0.1) is 0 Å². The Morgan fingerprint density at radius 3 is 1.00 bits per heavy atom. The second-order valence-corrected chi connectivity index (χ2v) is 2.17. The van der Waals surface area contributed by atoms with Gasteiger partial charge in [0.15, 0.2) is 0 Å². The van der Waals surface area contributed by atoms with Crippen LogP contribution in [0, 0.1) is 0 Å². The predicted molar refractivity (Wildman–Crippen MR) is 10.5 cm³/mol. The molecule has 26 valence electrons. The standard InChI is InChI=1S/3FH.Pb.H/h3*1H;;/q;;;+3;/p-3. The first-order chi connectivity index (χ1) is 1.73. The molecule has 0 nitrogen and oxygen atoms in total. The van der Waals surface area contributed by atoms with E-state index in [0.29, 0.717) is 0 Å². The molecule has 0 fully saturated rings. The second-order valence-electron chi connectivity index (χ2n) is 0.247. The Labute approximate surface area is 32.5 Å². The van der Waals surface area contributed by atoms with Crippen LogP contribution in [0.15, 0.2) is 0 Å². The van der Waals surface area contributed by atoms with Gasteiger partial charge in [-0.2, -0.15) is 0 Å². The van der Waals surface area contributed by atoms with Crippen molar-refractivity contribution in [3.8, 4) is 0 Å². The van der Waals surface area contributed by atoms with E-state index in [1.54, 1.807) is 0 Å². The van der Waals surface area contributed by atoms with E-state index in [1.807, 2.05) is 0 Å². The maximum absolute atomic E-state index is 9.89. The van der Waals surface area contributed by atoms with Crippen LogP contribution in [-0.2, 0) is 0 Å². The molecular weight excluding hydrogens is 264 g/mol. The van der Waals surface area contributed by atoms with Crippen LogP contribution in [-0.4, -0.2) is 24.6 Å². The van der Waals surface area contributed by atoms with Crippen LogP contribution >= 0.6 is 0 Å². The van der Waals surface area contributed by atoms with Gasteiger partial charge in [0.2, 0.25) is 0 Å². The molecule has 0 spiro atoms. The molecular formula is HF3Pb. The van der Waals surface area contributed by atoms with Gasteiger partial charge in [-0.05, 0) is 0 Å². The molecule has 0 unspecified atom stereocenters. The Morgan fingerprint density at radius 1 is 1.00 bits per heavy atom. The molecule has 0 atom stereocenters. The van der Waals surface area contributed by atoms with Crippen molar-refractivity contribution >= 4 is 24.6 Å². The van der Waals surface area contributed by atoms with E-state index < -0.39 is 24.6 Å². The summed E-state index contributed by atoms with van der Waals surface area (Å²) in [5.74, 6) is 0. The molecule has 0 bridgehead atoms. The number of rotatable bonds is 0. The van der Waals surface area contributed by atoms with Crippen LogP contribution in [0.3, 0.4) is 0 Å². The Hall–Kier alpha value is 0.712. The van der Waals surface area contributed by atoms with Crippen molar-refractivity contribution in [3.63, 3.8) is 0 Å². The molecule has 4 heteroatoms. The van der Waals surface area contributed by atoms with E-state index in [2.05, 4.69) is 0 Å². The third-order valence-corrected chi connectivity index (χ3v) is 0. The first kappa shape index (κ1) is 4.71. The summed E-state index contributed by atoms with van der Waals surface area (Å²) in [4.78, 5) is 0. The summed E-state index contributed by atoms with van der Waals surface area (Å²) in [6.07, 6.45) is 0. The third-order valence-electron chi connectivity index (χ3n) is 0. The van der Waals surface area contributed by atoms with Crippen molar-refractivity contribution in [2.75, 3.05) is 0 Å². The summed E-state index contributed by atoms with van der Waals surface area (Å²) in [5.41, 5.74) is 0. The SMILES string of the molecule is [F][PbH]([F])[F]. The molecule has 0 aliphatic rings. The van der Waals surface area contributed by atoms with Gasteiger partial charge in [-0.1, -0.05) is 0 Å². The van der Waals surface area contributed by atoms with Crippen molar-refractivity contribution in [1.82, 2.24) is 0 Å². The summed E-state index contributed by atoms with van der Waals surface area (Å²) in [5, 5.41) is 0. The average Bonchev–Trinajstić information content (AvgIpc) is 0.811. The molecule has 0 N–H and O–H groups in total. The molecule has 0 saturated carbocycles. The van der Waals surface area contributed by atoms with Crippen molar-refractivity contribution in [3.05, 3.63) is 0 Å². The molecule has 0 heterocycles. The normalized spacial score (nSPS) is 9.00. The summed E-state index contributed by atoms with van der Waals surface area (Å²) < 4.78 is 29.7. The van der Waals surface area contributed by atoms with E-state index in [4.69, 9.17) is 0 Å². The van der Waals surface area contributed by atoms with Gasteiger partial charge in [0.05, 0.1) is 0 Å². The Bertz CT molecular complexity index is 8.00. The minimum atomic E-state index is -5.22. The van der Waals surface area contributed by atoms with Crippen LogP contribution in [0.1, 0.15) is 0 Å². The fourth-order valence-corrected chi connectivity index (χ4v) is 0. The van der Waals surface area contributed by atoms with Crippen LogP contribution in [0.4, 0.5) is 7.53 Å². The van der Waals surface area contributed by atoms with Crippen LogP contribution < -0.4 is 0 Å². The monoisotopic (exact) mass is 266 g/mol. The van der Waals surface area contributed by atoms with Gasteiger partial charge < -0.3 is 0 Å².